The fraction of sp³-hybridized carbons (Fsp3) is 0.647. The Hall–Kier alpha value is -1.56. The summed E-state index contributed by atoms with van der Waals surface area (Å²) >= 11 is 1.70. The maximum atomic E-state index is 13.2. The number of hydrogen-bond donors (Lipinski definition) is 1. The first-order chi connectivity index (χ1) is 11.1. The molecule has 2 N–H and O–H groups in total. The third-order valence-electron chi connectivity index (χ3n) is 5.15. The van der Waals surface area contributed by atoms with Crippen LogP contribution in [0, 0.1) is 6.92 Å². The summed E-state index contributed by atoms with van der Waals surface area (Å²) in [4.78, 5) is 29.6. The minimum Gasteiger partial charge on any atom is -0.351 e. The second-order valence-corrected chi connectivity index (χ2v) is 7.62. The number of thiophene rings is 1. The van der Waals surface area contributed by atoms with Gasteiger partial charge in [-0.05, 0) is 49.6 Å². The molecule has 6 heteroatoms. The average molecular weight is 335 g/mol. The number of aryl methyl sites for hydroxylation is 1. The molecular weight excluding hydrogens is 310 g/mol. The lowest BCUT2D eigenvalue weighted by molar-refractivity contribution is -0.138. The Balaban J connectivity index is 1.81. The van der Waals surface area contributed by atoms with Crippen molar-refractivity contribution < 1.29 is 9.59 Å². The molecule has 1 atom stereocenters. The van der Waals surface area contributed by atoms with Crippen LogP contribution in [0.5, 0.6) is 0 Å². The van der Waals surface area contributed by atoms with Gasteiger partial charge in [0.1, 0.15) is 6.04 Å². The molecule has 2 fully saturated rings. The Morgan fingerprint density at radius 2 is 2.04 bits per heavy atom. The van der Waals surface area contributed by atoms with Crippen LogP contribution in [0.4, 0.5) is 4.79 Å². The van der Waals surface area contributed by atoms with Crippen LogP contribution in [-0.4, -0.2) is 40.4 Å². The van der Waals surface area contributed by atoms with Crippen molar-refractivity contribution in [2.45, 2.75) is 64.1 Å². The van der Waals surface area contributed by atoms with E-state index >= 15 is 0 Å². The summed E-state index contributed by atoms with van der Waals surface area (Å²) in [5.74, 6) is 0.0843. The van der Waals surface area contributed by atoms with Crippen molar-refractivity contribution in [1.82, 2.24) is 9.80 Å². The van der Waals surface area contributed by atoms with Crippen molar-refractivity contribution in [2.75, 3.05) is 6.54 Å². The van der Waals surface area contributed by atoms with E-state index in [0.717, 1.165) is 25.7 Å². The molecule has 3 rings (SSSR count). The molecule has 2 aliphatic rings. The molecule has 0 spiro atoms. The Morgan fingerprint density at radius 3 is 2.65 bits per heavy atom. The van der Waals surface area contributed by atoms with Crippen LogP contribution in [0.1, 0.15) is 49.0 Å². The van der Waals surface area contributed by atoms with E-state index in [1.165, 1.54) is 23.3 Å². The van der Waals surface area contributed by atoms with Crippen molar-refractivity contribution >= 4 is 23.3 Å². The Kier molecular flexibility index (Phi) is 4.90. The number of hydrogen-bond acceptors (Lipinski definition) is 3. The first-order valence-electron chi connectivity index (χ1n) is 8.47. The number of nitrogens with two attached hydrogens (primary N) is 1. The quantitative estimate of drug-likeness (QED) is 0.919. The third-order valence-corrected chi connectivity index (χ3v) is 6.16. The van der Waals surface area contributed by atoms with E-state index in [9.17, 15) is 9.59 Å². The van der Waals surface area contributed by atoms with Gasteiger partial charge >= 0.3 is 6.03 Å². The summed E-state index contributed by atoms with van der Waals surface area (Å²) in [6, 6.07) is 1.56. The highest BCUT2D eigenvalue weighted by molar-refractivity contribution is 7.10. The minimum atomic E-state index is -0.473. The Morgan fingerprint density at radius 1 is 1.30 bits per heavy atom. The number of likely N-dealkylation sites (tertiary alicyclic amines) is 1. The van der Waals surface area contributed by atoms with Crippen LogP contribution in [-0.2, 0) is 11.3 Å². The Bertz CT molecular complexity index is 580. The number of rotatable bonds is 4. The van der Waals surface area contributed by atoms with Crippen LogP contribution in [0.25, 0.3) is 0 Å². The van der Waals surface area contributed by atoms with Gasteiger partial charge in [-0.25, -0.2) is 4.79 Å². The lowest BCUT2D eigenvalue weighted by Gasteiger charge is -2.33. The van der Waals surface area contributed by atoms with Gasteiger partial charge < -0.3 is 15.5 Å². The summed E-state index contributed by atoms with van der Waals surface area (Å²) in [5, 5.41) is 2.08. The largest absolute Gasteiger partial charge is 0.351 e. The molecule has 23 heavy (non-hydrogen) atoms. The van der Waals surface area contributed by atoms with Gasteiger partial charge in [0.2, 0.25) is 5.91 Å². The lowest BCUT2D eigenvalue weighted by Crippen LogP contribution is -2.51. The predicted molar refractivity (Wildman–Crippen MR) is 91.2 cm³/mol. The van der Waals surface area contributed by atoms with E-state index < -0.39 is 6.03 Å². The molecule has 0 aromatic carbocycles. The van der Waals surface area contributed by atoms with Gasteiger partial charge in [0.25, 0.3) is 0 Å². The van der Waals surface area contributed by atoms with Crippen molar-refractivity contribution in [2.24, 2.45) is 5.73 Å². The molecule has 2 heterocycles. The number of primary amides is 1. The number of carbonyl (C=O) groups excluding carboxylic acids is 2. The molecule has 1 unspecified atom stereocenters. The molecule has 3 amide bonds. The normalized spacial score (nSPS) is 21.8. The van der Waals surface area contributed by atoms with E-state index in [1.807, 2.05) is 4.90 Å². The van der Waals surface area contributed by atoms with Gasteiger partial charge in [-0.1, -0.05) is 12.8 Å². The number of urea groups is 1. The maximum Gasteiger partial charge on any atom is 0.315 e. The first-order valence-corrected chi connectivity index (χ1v) is 9.35. The summed E-state index contributed by atoms with van der Waals surface area (Å²) in [6.45, 7) is 3.35. The van der Waals surface area contributed by atoms with Gasteiger partial charge in [-0.2, -0.15) is 0 Å². The van der Waals surface area contributed by atoms with Crippen LogP contribution >= 0.6 is 11.3 Å². The zero-order valence-corrected chi connectivity index (χ0v) is 14.5. The summed E-state index contributed by atoms with van der Waals surface area (Å²) in [5.41, 5.74) is 6.70. The number of carbonyl (C=O) groups is 2. The highest BCUT2D eigenvalue weighted by atomic mass is 32.1. The SMILES string of the molecule is Cc1ccsc1CN(C(=O)C1CCCN1C(N)=O)C1CCCC1. The number of nitrogens with zero attached hydrogens (tertiary/aromatic N) is 2. The predicted octanol–water partition coefficient (Wildman–Crippen LogP) is 2.87. The van der Waals surface area contributed by atoms with Crippen LogP contribution in [0.3, 0.4) is 0 Å². The molecule has 1 aromatic heterocycles. The lowest BCUT2D eigenvalue weighted by atomic mass is 10.1. The molecule has 1 aliphatic carbocycles. The number of amides is 3. The second kappa shape index (κ2) is 6.91. The van der Waals surface area contributed by atoms with Gasteiger partial charge in [0, 0.05) is 17.5 Å². The Labute approximate surface area is 141 Å². The molecule has 1 aromatic rings. The van der Waals surface area contributed by atoms with E-state index in [1.54, 1.807) is 16.2 Å². The molecule has 5 nitrogen and oxygen atoms in total. The molecule has 0 radical (unpaired) electrons. The van der Waals surface area contributed by atoms with Crippen molar-refractivity contribution in [3.8, 4) is 0 Å². The topological polar surface area (TPSA) is 66.6 Å². The second-order valence-electron chi connectivity index (χ2n) is 6.62. The molecule has 0 bridgehead atoms. The van der Waals surface area contributed by atoms with Crippen molar-refractivity contribution in [3.05, 3.63) is 21.9 Å². The van der Waals surface area contributed by atoms with E-state index in [0.29, 0.717) is 19.1 Å². The van der Waals surface area contributed by atoms with Crippen molar-refractivity contribution in [3.63, 3.8) is 0 Å². The summed E-state index contributed by atoms with van der Waals surface area (Å²) in [7, 11) is 0. The minimum absolute atomic E-state index is 0.0843. The van der Waals surface area contributed by atoms with E-state index in [4.69, 9.17) is 5.73 Å². The summed E-state index contributed by atoms with van der Waals surface area (Å²) < 4.78 is 0. The fourth-order valence-electron chi connectivity index (χ4n) is 3.80. The summed E-state index contributed by atoms with van der Waals surface area (Å²) in [6.07, 6.45) is 6.09. The fourth-order valence-corrected chi connectivity index (χ4v) is 4.71. The van der Waals surface area contributed by atoms with Gasteiger partial charge in [-0.3, -0.25) is 4.79 Å². The average Bonchev–Trinajstić information content (AvgIpc) is 3.26. The third kappa shape index (κ3) is 3.37. The zero-order valence-electron chi connectivity index (χ0n) is 13.7. The highest BCUT2D eigenvalue weighted by Gasteiger charge is 2.38. The van der Waals surface area contributed by atoms with Gasteiger partial charge in [0.05, 0.1) is 6.54 Å². The standard InChI is InChI=1S/C17H25N3O2S/c1-12-8-10-23-15(12)11-20(13-5-2-3-6-13)16(21)14-7-4-9-19(14)17(18)22/h8,10,13-14H,2-7,9,11H2,1H3,(H2,18,22). The smallest absolute Gasteiger partial charge is 0.315 e. The molecule has 1 aliphatic heterocycles. The van der Waals surface area contributed by atoms with Crippen molar-refractivity contribution in [1.29, 1.82) is 0 Å². The van der Waals surface area contributed by atoms with Gasteiger partial charge in [0.15, 0.2) is 0 Å². The maximum absolute atomic E-state index is 13.2. The van der Waals surface area contributed by atoms with Crippen LogP contribution < -0.4 is 5.73 Å². The molecule has 1 saturated carbocycles. The zero-order chi connectivity index (χ0) is 16.4. The van der Waals surface area contributed by atoms with Gasteiger partial charge in [-0.15, -0.1) is 11.3 Å². The molecule has 1 saturated heterocycles. The van der Waals surface area contributed by atoms with E-state index in [-0.39, 0.29) is 11.9 Å². The van der Waals surface area contributed by atoms with Crippen LogP contribution in [0.2, 0.25) is 0 Å². The monoisotopic (exact) mass is 335 g/mol. The highest BCUT2D eigenvalue weighted by Crippen LogP contribution is 2.30. The molecular formula is C17H25N3O2S. The van der Waals surface area contributed by atoms with Crippen LogP contribution in [0.15, 0.2) is 11.4 Å². The van der Waals surface area contributed by atoms with E-state index in [2.05, 4.69) is 18.4 Å². The first kappa shape index (κ1) is 16.3. The molecule has 126 valence electrons.